The minimum atomic E-state index is -4.52. The summed E-state index contributed by atoms with van der Waals surface area (Å²) >= 11 is 2.23. The van der Waals surface area contributed by atoms with Gasteiger partial charge in [-0.05, 0) is 9.03 Å². The van der Waals surface area contributed by atoms with Gasteiger partial charge in [0.1, 0.15) is 0 Å². The van der Waals surface area contributed by atoms with Crippen molar-refractivity contribution in [2.75, 3.05) is 46.3 Å². The lowest BCUT2D eigenvalue weighted by molar-refractivity contribution is -0.849. The van der Waals surface area contributed by atoms with Gasteiger partial charge in [-0.25, -0.2) is 0 Å². The molecule has 0 saturated carbocycles. The number of halogens is 5. The van der Waals surface area contributed by atoms with Gasteiger partial charge in [0.15, 0.2) is 0 Å². The van der Waals surface area contributed by atoms with Gasteiger partial charge < -0.3 is 28.5 Å². The Balaban J connectivity index is -0.0000000403. The largest absolute Gasteiger partial charge is 1.00 e. The normalized spacial score (nSPS) is 8.59. The number of nitrogens with zero attached hydrogens (tertiary/aromatic N) is 2. The molecule has 0 aromatic heterocycles. The summed E-state index contributed by atoms with van der Waals surface area (Å²) in [6.45, 7) is 6.03. The molecule has 0 atom stereocenters. The van der Waals surface area contributed by atoms with E-state index in [1.54, 1.807) is 7.05 Å². The molecular weight excluding hydrogens is 542 g/mol. The summed E-state index contributed by atoms with van der Waals surface area (Å²) in [5.41, 5.74) is 0. The van der Waals surface area contributed by atoms with E-state index >= 15 is 0 Å². The molecule has 0 spiro atoms. The first kappa shape index (κ1) is 38.4. The Bertz CT molecular complexity index is 230. The number of quaternary nitrogens is 1. The van der Waals surface area contributed by atoms with Gasteiger partial charge in [-0.3, -0.25) is 9.48 Å². The van der Waals surface area contributed by atoms with Crippen molar-refractivity contribution in [1.29, 1.82) is 0 Å². The molecule has 0 N–H and O–H groups in total. The Morgan fingerprint density at radius 2 is 1.41 bits per heavy atom. The average Bonchev–Trinajstić information content (AvgIpc) is 2.24. The molecule has 0 saturated heterocycles. The van der Waals surface area contributed by atoms with E-state index in [2.05, 4.69) is 82.5 Å². The van der Waals surface area contributed by atoms with Crippen LogP contribution in [0.3, 0.4) is 0 Å². The van der Waals surface area contributed by atoms with Crippen LogP contribution < -0.4 is 24.0 Å². The predicted octanol–water partition coefficient (Wildman–Crippen LogP) is 2.22. The van der Waals surface area contributed by atoms with Crippen LogP contribution in [0.15, 0.2) is 30.1 Å². The third-order valence-corrected chi connectivity index (χ3v) is 1.10. The number of ether oxygens (including phenoxy) is 1. The van der Waals surface area contributed by atoms with Crippen LogP contribution in [-0.2, 0) is 4.74 Å². The first-order valence-corrected chi connectivity index (χ1v) is 7.39. The molecule has 0 radical (unpaired) electrons. The molecule has 0 aliphatic rings. The van der Waals surface area contributed by atoms with Crippen LogP contribution >= 0.6 is 31.6 Å². The lowest BCUT2D eigenvalue weighted by Gasteiger charge is -2.14. The predicted molar refractivity (Wildman–Crippen MR) is 98.6 cm³/mol. The number of allylic oxidation sites excluding steroid dienone is 1. The fraction of sp³-hybridized carbons (Fsp3) is 0.692. The van der Waals surface area contributed by atoms with Crippen molar-refractivity contribution >= 4 is 31.6 Å². The Kier molecular flexibility index (Phi) is 46.4. The first-order chi connectivity index (χ1) is 8.89. The average molecular weight is 572 g/mol. The fourth-order valence-electron chi connectivity index (χ4n) is 0.153. The lowest BCUT2D eigenvalue weighted by Crippen LogP contribution is -3.00. The van der Waals surface area contributed by atoms with E-state index in [0.29, 0.717) is 0 Å². The van der Waals surface area contributed by atoms with E-state index in [-0.39, 0.29) is 31.4 Å². The molecule has 0 amide bonds. The topological polar surface area (TPSA) is 21.6 Å². The molecule has 0 heterocycles. The third kappa shape index (κ3) is 178. The van der Waals surface area contributed by atoms with Crippen molar-refractivity contribution in [3.63, 3.8) is 0 Å². The van der Waals surface area contributed by atoms with E-state index in [0.717, 1.165) is 15.0 Å². The van der Waals surface area contributed by atoms with Crippen LogP contribution in [0.5, 0.6) is 0 Å². The maximum absolute atomic E-state index is 11.0. The van der Waals surface area contributed by atoms with Crippen LogP contribution in [0.4, 0.5) is 13.2 Å². The van der Waals surface area contributed by atoms with E-state index in [9.17, 15) is 13.2 Å². The zero-order valence-electron chi connectivity index (χ0n) is 13.2. The van der Waals surface area contributed by atoms with Gasteiger partial charge in [0.2, 0.25) is 0 Å². The smallest absolute Gasteiger partial charge is 0.522 e. The zero-order valence-corrected chi connectivity index (χ0v) is 18.5. The van der Waals surface area contributed by atoms with Gasteiger partial charge in [-0.1, -0.05) is 42.2 Å². The highest BCUT2D eigenvalue weighted by molar-refractivity contribution is 14.1. The molecule has 3 nitrogen and oxygen atoms in total. The van der Waals surface area contributed by atoms with Crippen molar-refractivity contribution in [2.24, 2.45) is 4.74 Å². The SMILES string of the molecule is C.C=CCI.C=CCOC(F)(F)F.CN=P.C[N+](C)(C)C.[I-]. The summed E-state index contributed by atoms with van der Waals surface area (Å²) in [7, 11) is 13.0. The number of hydrogen-bond donors (Lipinski definition) is 0. The van der Waals surface area contributed by atoms with Crippen LogP contribution in [0.25, 0.3) is 0 Å². The highest BCUT2D eigenvalue weighted by Crippen LogP contribution is 2.15. The Labute approximate surface area is 167 Å². The molecule has 0 fully saturated rings. The molecule has 0 unspecified atom stereocenters. The summed E-state index contributed by atoms with van der Waals surface area (Å²) in [4.78, 5) is 0. The second-order valence-corrected chi connectivity index (χ2v) is 5.72. The van der Waals surface area contributed by atoms with Crippen molar-refractivity contribution in [3.8, 4) is 0 Å². The van der Waals surface area contributed by atoms with Gasteiger partial charge in [0, 0.05) is 11.5 Å². The number of alkyl halides is 4. The summed E-state index contributed by atoms with van der Waals surface area (Å²) in [5.74, 6) is 0. The molecule has 22 heavy (non-hydrogen) atoms. The van der Waals surface area contributed by atoms with Crippen molar-refractivity contribution in [1.82, 2.24) is 0 Å². The van der Waals surface area contributed by atoms with E-state index in [1.807, 2.05) is 6.08 Å². The molecular formula is C13H30F3I2N2OP. The van der Waals surface area contributed by atoms with Crippen molar-refractivity contribution in [3.05, 3.63) is 25.3 Å². The molecule has 0 rings (SSSR count). The van der Waals surface area contributed by atoms with Crippen molar-refractivity contribution in [2.45, 2.75) is 13.8 Å². The summed E-state index contributed by atoms with van der Waals surface area (Å²) in [5, 5.41) is 0. The maximum Gasteiger partial charge on any atom is 0.522 e. The maximum atomic E-state index is 11.0. The fourth-order valence-corrected chi connectivity index (χ4v) is 0.153. The minimum Gasteiger partial charge on any atom is -1.00 e. The third-order valence-electron chi connectivity index (χ3n) is 0.474. The quantitative estimate of drug-likeness (QED) is 0.167. The van der Waals surface area contributed by atoms with Crippen molar-refractivity contribution < 1.29 is 46.4 Å². The van der Waals surface area contributed by atoms with Gasteiger partial charge in [0.25, 0.3) is 0 Å². The van der Waals surface area contributed by atoms with E-state index < -0.39 is 13.0 Å². The Hall–Kier alpha value is 0.750. The summed E-state index contributed by atoms with van der Waals surface area (Å²) in [6, 6.07) is 0. The second kappa shape index (κ2) is 26.6. The molecule has 0 bridgehead atoms. The van der Waals surface area contributed by atoms with Gasteiger partial charge >= 0.3 is 6.36 Å². The van der Waals surface area contributed by atoms with Gasteiger partial charge in [-0.2, -0.15) is 0 Å². The summed E-state index contributed by atoms with van der Waals surface area (Å²) in [6.07, 6.45) is -1.62. The molecule has 138 valence electrons. The lowest BCUT2D eigenvalue weighted by atomic mass is 10.7. The zero-order chi connectivity index (χ0) is 17.2. The van der Waals surface area contributed by atoms with E-state index in [4.69, 9.17) is 0 Å². The van der Waals surface area contributed by atoms with Gasteiger partial charge in [0.05, 0.1) is 34.8 Å². The van der Waals surface area contributed by atoms with Crippen LogP contribution in [-0.4, -0.2) is 57.1 Å². The molecule has 9 heteroatoms. The minimum absolute atomic E-state index is 0. The van der Waals surface area contributed by atoms with Crippen LogP contribution in [0, 0.1) is 0 Å². The standard InChI is InChI=1S/C4H5F3O.C4H12N.C3H5I.CH4NP.CH4.HI/c1-2-3-8-4(5,6)7;1-5(2,3)4;1-2-3-4;1-2-3;;/h2H,1,3H2;1-4H3;2H,1,3H2;3H,1H3;1H4;1H/q;+1;;;;/p-1. The Morgan fingerprint density at radius 3 is 1.45 bits per heavy atom. The molecule has 0 aliphatic heterocycles. The monoisotopic (exact) mass is 572 g/mol. The molecule has 0 aromatic rings. The van der Waals surface area contributed by atoms with Crippen LogP contribution in [0.1, 0.15) is 7.43 Å². The summed E-state index contributed by atoms with van der Waals surface area (Å²) < 4.78 is 41.5. The Morgan fingerprint density at radius 1 is 1.18 bits per heavy atom. The molecule has 0 aromatic carbocycles. The number of rotatable bonds is 3. The first-order valence-electron chi connectivity index (χ1n) is 5.42. The van der Waals surface area contributed by atoms with Crippen LogP contribution in [0.2, 0.25) is 0 Å². The second-order valence-electron chi connectivity index (χ2n) is 4.40. The van der Waals surface area contributed by atoms with Gasteiger partial charge in [-0.15, -0.1) is 26.3 Å². The molecule has 0 aliphatic carbocycles. The van der Waals surface area contributed by atoms with E-state index in [1.165, 1.54) is 0 Å². The highest BCUT2D eigenvalue weighted by atomic mass is 127. The highest BCUT2D eigenvalue weighted by Gasteiger charge is 2.27. The number of hydrogen-bond acceptors (Lipinski definition) is 2.